The highest BCUT2D eigenvalue weighted by molar-refractivity contribution is 6.25. The van der Waals surface area contributed by atoms with E-state index in [9.17, 15) is 0 Å². The van der Waals surface area contributed by atoms with E-state index in [1.807, 2.05) is 0 Å². The maximum Gasteiger partial charge on any atom is 0.0218 e. The van der Waals surface area contributed by atoms with E-state index in [4.69, 9.17) is 0 Å². The first-order valence-electron chi connectivity index (χ1n) is 17.0. The van der Waals surface area contributed by atoms with Gasteiger partial charge in [0.1, 0.15) is 0 Å². The molecule has 0 radical (unpaired) electrons. The second-order valence-electron chi connectivity index (χ2n) is 13.5. The molecule has 0 N–H and O–H groups in total. The van der Waals surface area contributed by atoms with Gasteiger partial charge < -0.3 is 0 Å². The first-order chi connectivity index (χ1) is 23.8. The van der Waals surface area contributed by atoms with Crippen molar-refractivity contribution >= 4 is 70.2 Å². The van der Waals surface area contributed by atoms with Crippen LogP contribution in [0.4, 0.5) is 0 Å². The van der Waals surface area contributed by atoms with Crippen LogP contribution in [-0.4, -0.2) is 0 Å². The number of hydrogen-bond donors (Lipinski definition) is 0. The minimum absolute atomic E-state index is 0.141. The normalized spacial score (nSPS) is 17.3. The molecule has 0 saturated heterocycles. The third-order valence-electron chi connectivity index (χ3n) is 11.2. The molecule has 11 rings (SSSR count). The molecular weight excluding hydrogens is 577 g/mol. The summed E-state index contributed by atoms with van der Waals surface area (Å²) < 4.78 is 0. The van der Waals surface area contributed by atoms with Crippen molar-refractivity contribution in [3.8, 4) is 0 Å². The topological polar surface area (TPSA) is 0 Å². The van der Waals surface area contributed by atoms with Crippen molar-refractivity contribution in [1.29, 1.82) is 0 Å². The molecule has 0 heterocycles. The molecule has 0 aliphatic heterocycles. The maximum absolute atomic E-state index is 2.47. The fourth-order valence-electron chi connectivity index (χ4n) is 9.24. The Morgan fingerprint density at radius 1 is 0.375 bits per heavy atom. The minimum atomic E-state index is 0.141. The lowest BCUT2D eigenvalue weighted by atomic mass is 9.64. The Morgan fingerprint density at radius 2 is 0.938 bits per heavy atom. The summed E-state index contributed by atoms with van der Waals surface area (Å²) in [6.45, 7) is 0. The average Bonchev–Trinajstić information content (AvgIpc) is 3.15. The molecule has 0 nitrogen and oxygen atoms in total. The fraction of sp³-hybridized carbons (Fsp3) is 0.0417. The molecule has 2 aliphatic rings. The average molecular weight is 607 g/mol. The van der Waals surface area contributed by atoms with Gasteiger partial charge in [-0.1, -0.05) is 164 Å². The zero-order valence-corrected chi connectivity index (χ0v) is 26.3. The van der Waals surface area contributed by atoms with E-state index in [2.05, 4.69) is 170 Å². The van der Waals surface area contributed by atoms with Gasteiger partial charge in [0.2, 0.25) is 0 Å². The van der Waals surface area contributed by atoms with Gasteiger partial charge in [0.15, 0.2) is 0 Å². The van der Waals surface area contributed by atoms with Gasteiger partial charge in [-0.15, -0.1) is 0 Å². The molecule has 0 aromatic heterocycles. The molecule has 222 valence electrons. The zero-order chi connectivity index (χ0) is 31.3. The maximum atomic E-state index is 2.47. The largest absolute Gasteiger partial charge is 0.0760 e. The van der Waals surface area contributed by atoms with Gasteiger partial charge in [-0.2, -0.15) is 0 Å². The van der Waals surface area contributed by atoms with Crippen molar-refractivity contribution in [3.63, 3.8) is 0 Å². The molecule has 0 bridgehead atoms. The van der Waals surface area contributed by atoms with Gasteiger partial charge >= 0.3 is 0 Å². The molecule has 9 aromatic carbocycles. The number of hydrogen-bond acceptors (Lipinski definition) is 0. The lowest BCUT2D eigenvalue weighted by molar-refractivity contribution is 0.661. The van der Waals surface area contributed by atoms with Crippen LogP contribution in [0, 0.1) is 5.92 Å². The van der Waals surface area contributed by atoms with Crippen LogP contribution >= 0.6 is 0 Å². The molecular formula is C48H30. The van der Waals surface area contributed by atoms with E-state index >= 15 is 0 Å². The quantitative estimate of drug-likeness (QED) is 0.136. The monoisotopic (exact) mass is 606 g/mol. The van der Waals surface area contributed by atoms with Gasteiger partial charge in [-0.25, -0.2) is 0 Å². The van der Waals surface area contributed by atoms with E-state index in [0.29, 0.717) is 0 Å². The second kappa shape index (κ2) is 9.77. The van der Waals surface area contributed by atoms with Crippen molar-refractivity contribution < 1.29 is 0 Å². The number of rotatable bonds is 2. The van der Waals surface area contributed by atoms with Gasteiger partial charge in [0.25, 0.3) is 0 Å². The minimum Gasteiger partial charge on any atom is -0.0760 e. The third kappa shape index (κ3) is 3.50. The van der Waals surface area contributed by atoms with Gasteiger partial charge in [0.05, 0.1) is 0 Å². The summed E-state index contributed by atoms with van der Waals surface area (Å²) in [4.78, 5) is 0. The van der Waals surface area contributed by atoms with Crippen LogP contribution in [0.5, 0.6) is 0 Å². The van der Waals surface area contributed by atoms with Crippen molar-refractivity contribution in [2.75, 3.05) is 0 Å². The summed E-state index contributed by atoms with van der Waals surface area (Å²) in [6, 6.07) is 54.8. The first-order valence-corrected chi connectivity index (χ1v) is 17.0. The summed E-state index contributed by atoms with van der Waals surface area (Å²) in [5.41, 5.74) is 8.29. The SMILES string of the molecule is C1=CC2=C(c3ccc4ccc5cccc6ccc3c4c56)c3ccc4ccccc4c3C(c3c4ccccc4cc4ccccc34)C2C=C1. The van der Waals surface area contributed by atoms with Gasteiger partial charge in [-0.05, 0) is 104 Å². The molecule has 0 saturated carbocycles. The highest BCUT2D eigenvalue weighted by Gasteiger charge is 2.38. The molecule has 0 amide bonds. The Balaban J connectivity index is 1.31. The molecule has 0 fully saturated rings. The van der Waals surface area contributed by atoms with E-state index in [1.54, 1.807) is 0 Å². The van der Waals surface area contributed by atoms with Crippen LogP contribution in [0.15, 0.2) is 175 Å². The Bertz CT molecular complexity index is 2830. The standard InChI is InChI=1S/C48H30/c1-4-15-35-29(10-1)22-27-42-45(41-26-24-32-21-20-30-13-9-14-31-23-25-40(41)44(32)43(30)31)38-18-7-8-19-39(38)48(47(35)42)46-36-16-5-2-11-33(36)28-34-12-3-6-17-37(34)46/h1-28,39,48H. The van der Waals surface area contributed by atoms with E-state index in [0.717, 1.165) is 0 Å². The summed E-state index contributed by atoms with van der Waals surface area (Å²) in [5, 5.41) is 15.9. The summed E-state index contributed by atoms with van der Waals surface area (Å²) in [7, 11) is 0. The van der Waals surface area contributed by atoms with Crippen LogP contribution in [0.25, 0.3) is 70.2 Å². The number of allylic oxidation sites excluding steroid dienone is 5. The van der Waals surface area contributed by atoms with Crippen molar-refractivity contribution in [3.05, 3.63) is 198 Å². The molecule has 2 aliphatic carbocycles. The van der Waals surface area contributed by atoms with Crippen LogP contribution in [0.2, 0.25) is 0 Å². The molecule has 0 spiro atoms. The predicted octanol–water partition coefficient (Wildman–Crippen LogP) is 12.7. The van der Waals surface area contributed by atoms with Crippen molar-refractivity contribution in [2.45, 2.75) is 5.92 Å². The van der Waals surface area contributed by atoms with Gasteiger partial charge in [0, 0.05) is 11.8 Å². The van der Waals surface area contributed by atoms with E-state index < -0.39 is 0 Å². The number of fused-ring (bicyclic) bond motifs is 6. The Labute approximate surface area is 278 Å². The van der Waals surface area contributed by atoms with Crippen LogP contribution < -0.4 is 0 Å². The first kappa shape index (κ1) is 26.1. The Morgan fingerprint density at radius 3 is 1.69 bits per heavy atom. The Hall–Kier alpha value is -5.98. The Kier molecular flexibility index (Phi) is 5.32. The fourth-order valence-corrected chi connectivity index (χ4v) is 9.24. The highest BCUT2D eigenvalue weighted by Crippen LogP contribution is 2.55. The molecule has 2 unspecified atom stereocenters. The molecule has 48 heavy (non-hydrogen) atoms. The lowest BCUT2D eigenvalue weighted by Crippen LogP contribution is -2.24. The lowest BCUT2D eigenvalue weighted by Gasteiger charge is -2.39. The van der Waals surface area contributed by atoms with Crippen molar-refractivity contribution in [1.82, 2.24) is 0 Å². The smallest absolute Gasteiger partial charge is 0.0218 e. The molecule has 9 aromatic rings. The predicted molar refractivity (Wildman–Crippen MR) is 205 cm³/mol. The van der Waals surface area contributed by atoms with E-state index in [-0.39, 0.29) is 11.8 Å². The van der Waals surface area contributed by atoms with Gasteiger partial charge in [-0.3, -0.25) is 0 Å². The van der Waals surface area contributed by atoms with Crippen LogP contribution in [0.1, 0.15) is 28.2 Å². The number of benzene rings is 9. The highest BCUT2D eigenvalue weighted by atomic mass is 14.4. The van der Waals surface area contributed by atoms with Crippen molar-refractivity contribution in [2.24, 2.45) is 5.92 Å². The molecule has 2 atom stereocenters. The summed E-state index contributed by atoms with van der Waals surface area (Å²) >= 11 is 0. The summed E-state index contributed by atoms with van der Waals surface area (Å²) in [5.74, 6) is 0.318. The second-order valence-corrected chi connectivity index (χ2v) is 13.5. The third-order valence-corrected chi connectivity index (χ3v) is 11.2. The zero-order valence-electron chi connectivity index (χ0n) is 26.3. The van der Waals surface area contributed by atoms with E-state index in [1.165, 1.54) is 98.0 Å². The summed E-state index contributed by atoms with van der Waals surface area (Å²) in [6.07, 6.45) is 9.38. The van der Waals surface area contributed by atoms with Crippen LogP contribution in [-0.2, 0) is 0 Å². The van der Waals surface area contributed by atoms with Crippen LogP contribution in [0.3, 0.4) is 0 Å². The molecule has 0 heteroatoms.